The van der Waals surface area contributed by atoms with Crippen LogP contribution < -0.4 is 0 Å². The smallest absolute Gasteiger partial charge is 0.257 e. The van der Waals surface area contributed by atoms with Crippen LogP contribution in [0.1, 0.15) is 16.8 Å². The van der Waals surface area contributed by atoms with Gasteiger partial charge in [0.1, 0.15) is 6.26 Å². The largest absolute Gasteiger partial charge is 0.472 e. The molecule has 3 heterocycles. The molecule has 1 aliphatic rings. The summed E-state index contributed by atoms with van der Waals surface area (Å²) in [5.41, 5.74) is 0.588. The summed E-state index contributed by atoms with van der Waals surface area (Å²) in [5.74, 6) is -0.00489. The maximum Gasteiger partial charge on any atom is 0.257 e. The molecule has 6 nitrogen and oxygen atoms in total. The number of amides is 1. The highest BCUT2D eigenvalue weighted by Crippen LogP contribution is 2.12. The third-order valence-electron chi connectivity index (χ3n) is 3.36. The lowest BCUT2D eigenvalue weighted by molar-refractivity contribution is 0.0367. The molecule has 0 aliphatic carbocycles. The number of carbonyl (C=O) groups is 1. The van der Waals surface area contributed by atoms with Crippen LogP contribution in [0.4, 0.5) is 0 Å². The van der Waals surface area contributed by atoms with E-state index in [0.717, 1.165) is 6.42 Å². The molecular formula is C14H17N3O3. The third-order valence-corrected chi connectivity index (χ3v) is 3.36. The average Bonchev–Trinajstić information content (AvgIpc) is 3.10. The molecule has 2 aromatic heterocycles. The maximum atomic E-state index is 12.3. The lowest BCUT2D eigenvalue weighted by Gasteiger charge is -2.23. The highest BCUT2D eigenvalue weighted by atomic mass is 16.5. The minimum atomic E-state index is -0.0340. The second-order valence-corrected chi connectivity index (χ2v) is 4.84. The molecular weight excluding hydrogens is 258 g/mol. The fraction of sp³-hybridized carbons (Fsp3) is 0.429. The van der Waals surface area contributed by atoms with Crippen LogP contribution in [0.2, 0.25) is 0 Å². The summed E-state index contributed by atoms with van der Waals surface area (Å²) in [5, 5.41) is 4.18. The van der Waals surface area contributed by atoms with Crippen LogP contribution in [-0.2, 0) is 11.3 Å². The van der Waals surface area contributed by atoms with E-state index in [1.54, 1.807) is 12.3 Å². The molecule has 2 aromatic rings. The highest BCUT2D eigenvalue weighted by molar-refractivity contribution is 5.93. The molecule has 3 rings (SSSR count). The summed E-state index contributed by atoms with van der Waals surface area (Å²) in [6, 6.07) is 3.57. The quantitative estimate of drug-likeness (QED) is 0.849. The lowest BCUT2D eigenvalue weighted by Crippen LogP contribution is -2.38. The molecule has 1 atom stereocenters. The molecule has 106 valence electrons. The third kappa shape index (κ3) is 2.91. The van der Waals surface area contributed by atoms with Gasteiger partial charge >= 0.3 is 0 Å². The molecule has 0 N–H and O–H groups in total. The number of ether oxygens (including phenoxy) is 1. The van der Waals surface area contributed by atoms with E-state index in [9.17, 15) is 4.79 Å². The molecule has 1 amide bonds. The Morgan fingerprint density at radius 3 is 3.20 bits per heavy atom. The molecule has 0 saturated carbocycles. The van der Waals surface area contributed by atoms with E-state index in [4.69, 9.17) is 9.15 Å². The Hall–Kier alpha value is -2.08. The fourth-order valence-corrected chi connectivity index (χ4v) is 2.38. The molecule has 0 radical (unpaired) electrons. The summed E-state index contributed by atoms with van der Waals surface area (Å²) >= 11 is 0. The molecule has 1 fully saturated rings. The molecule has 1 aliphatic heterocycles. The molecule has 0 bridgehead atoms. The van der Waals surface area contributed by atoms with E-state index in [2.05, 4.69) is 5.10 Å². The van der Waals surface area contributed by atoms with Gasteiger partial charge in [0.05, 0.1) is 24.5 Å². The summed E-state index contributed by atoms with van der Waals surface area (Å²) in [6.07, 6.45) is 7.45. The van der Waals surface area contributed by atoms with Gasteiger partial charge < -0.3 is 14.1 Å². The van der Waals surface area contributed by atoms with Crippen molar-refractivity contribution in [1.82, 2.24) is 14.7 Å². The summed E-state index contributed by atoms with van der Waals surface area (Å²) in [4.78, 5) is 14.2. The van der Waals surface area contributed by atoms with Crippen molar-refractivity contribution in [1.29, 1.82) is 0 Å². The Morgan fingerprint density at radius 2 is 2.45 bits per heavy atom. The predicted octanol–water partition coefficient (Wildman–Crippen LogP) is 1.41. The maximum absolute atomic E-state index is 12.3. The van der Waals surface area contributed by atoms with E-state index in [0.29, 0.717) is 31.8 Å². The number of furan rings is 1. The lowest BCUT2D eigenvalue weighted by atomic mass is 10.2. The van der Waals surface area contributed by atoms with Crippen molar-refractivity contribution >= 4 is 5.91 Å². The first-order valence-corrected chi connectivity index (χ1v) is 6.73. The van der Waals surface area contributed by atoms with Crippen molar-refractivity contribution in [2.24, 2.45) is 0 Å². The van der Waals surface area contributed by atoms with Gasteiger partial charge in [-0.05, 0) is 18.6 Å². The average molecular weight is 275 g/mol. The van der Waals surface area contributed by atoms with E-state index in [1.165, 1.54) is 12.5 Å². The summed E-state index contributed by atoms with van der Waals surface area (Å²) in [6.45, 7) is 2.60. The zero-order chi connectivity index (χ0) is 13.8. The number of nitrogens with zero attached hydrogens (tertiary/aromatic N) is 3. The van der Waals surface area contributed by atoms with Crippen molar-refractivity contribution in [3.05, 3.63) is 42.6 Å². The van der Waals surface area contributed by atoms with Crippen LogP contribution in [0.25, 0.3) is 0 Å². The van der Waals surface area contributed by atoms with Crippen molar-refractivity contribution in [2.75, 3.05) is 19.7 Å². The number of hydrogen-bond donors (Lipinski definition) is 0. The SMILES string of the molecule is O=C(c1ccoc1)N1CCCO[C@H](Cn2cccn2)C1. The number of hydrogen-bond acceptors (Lipinski definition) is 4. The van der Waals surface area contributed by atoms with Gasteiger partial charge in [-0.1, -0.05) is 0 Å². The fourth-order valence-electron chi connectivity index (χ4n) is 2.38. The number of carbonyl (C=O) groups excluding carboxylic acids is 1. The number of rotatable bonds is 3. The monoisotopic (exact) mass is 275 g/mol. The van der Waals surface area contributed by atoms with E-state index in [1.807, 2.05) is 21.8 Å². The zero-order valence-electron chi connectivity index (χ0n) is 11.1. The Balaban J connectivity index is 1.67. The second kappa shape index (κ2) is 5.92. The second-order valence-electron chi connectivity index (χ2n) is 4.84. The van der Waals surface area contributed by atoms with Gasteiger partial charge in [0.25, 0.3) is 5.91 Å². The number of aromatic nitrogens is 2. The summed E-state index contributed by atoms with van der Waals surface area (Å²) < 4.78 is 12.6. The normalized spacial score (nSPS) is 19.8. The topological polar surface area (TPSA) is 60.5 Å². The van der Waals surface area contributed by atoms with Gasteiger partial charge in [0, 0.05) is 32.1 Å². The standard InChI is InChI=1S/C14H17N3O3/c18-14(12-3-8-19-11-12)16-5-2-7-20-13(9-16)10-17-6-1-4-15-17/h1,3-4,6,8,11,13H,2,5,7,9-10H2/t13-/m0/s1. The van der Waals surface area contributed by atoms with Crippen molar-refractivity contribution in [3.8, 4) is 0 Å². The molecule has 1 saturated heterocycles. The zero-order valence-corrected chi connectivity index (χ0v) is 11.1. The van der Waals surface area contributed by atoms with Crippen LogP contribution in [0.15, 0.2) is 41.5 Å². The van der Waals surface area contributed by atoms with Gasteiger partial charge in [0.2, 0.25) is 0 Å². The van der Waals surface area contributed by atoms with E-state index >= 15 is 0 Å². The Bertz CT molecular complexity index is 536. The van der Waals surface area contributed by atoms with Gasteiger partial charge in [-0.15, -0.1) is 0 Å². The van der Waals surface area contributed by atoms with Crippen LogP contribution in [0.5, 0.6) is 0 Å². The Labute approximate surface area is 116 Å². The van der Waals surface area contributed by atoms with Gasteiger partial charge in [-0.2, -0.15) is 5.10 Å². The van der Waals surface area contributed by atoms with Crippen LogP contribution >= 0.6 is 0 Å². The van der Waals surface area contributed by atoms with Crippen molar-refractivity contribution in [2.45, 2.75) is 19.1 Å². The van der Waals surface area contributed by atoms with Crippen LogP contribution in [0, 0.1) is 0 Å². The van der Waals surface area contributed by atoms with Crippen molar-refractivity contribution < 1.29 is 13.9 Å². The Kier molecular flexibility index (Phi) is 3.83. The van der Waals surface area contributed by atoms with Crippen LogP contribution in [-0.4, -0.2) is 46.4 Å². The van der Waals surface area contributed by atoms with E-state index < -0.39 is 0 Å². The first-order valence-electron chi connectivity index (χ1n) is 6.73. The molecule has 0 spiro atoms. The van der Waals surface area contributed by atoms with Crippen LogP contribution in [0.3, 0.4) is 0 Å². The molecule has 0 unspecified atom stereocenters. The summed E-state index contributed by atoms with van der Waals surface area (Å²) in [7, 11) is 0. The first-order chi connectivity index (χ1) is 9.83. The van der Waals surface area contributed by atoms with Crippen molar-refractivity contribution in [3.63, 3.8) is 0 Å². The highest BCUT2D eigenvalue weighted by Gasteiger charge is 2.24. The minimum absolute atomic E-state index is 0.00489. The molecule has 20 heavy (non-hydrogen) atoms. The van der Waals surface area contributed by atoms with Gasteiger partial charge in [-0.3, -0.25) is 9.48 Å². The van der Waals surface area contributed by atoms with E-state index in [-0.39, 0.29) is 12.0 Å². The van der Waals surface area contributed by atoms with Gasteiger partial charge in [-0.25, -0.2) is 0 Å². The predicted molar refractivity (Wildman–Crippen MR) is 71.2 cm³/mol. The molecule has 6 heteroatoms. The minimum Gasteiger partial charge on any atom is -0.472 e. The molecule has 0 aromatic carbocycles. The van der Waals surface area contributed by atoms with Gasteiger partial charge in [0.15, 0.2) is 0 Å². The Morgan fingerprint density at radius 1 is 1.50 bits per heavy atom. The first kappa shape index (κ1) is 12.9.